The van der Waals surface area contributed by atoms with E-state index < -0.39 is 22.7 Å². The minimum Gasteiger partial charge on any atom is -0.486 e. The van der Waals surface area contributed by atoms with Gasteiger partial charge in [0, 0.05) is 17.7 Å². The average molecular weight is 516 g/mol. The molecular weight excluding hydrogens is 500 g/mol. The zero-order chi connectivity index (χ0) is 25.1. The van der Waals surface area contributed by atoms with Crippen molar-refractivity contribution in [2.45, 2.75) is 13.2 Å². The van der Waals surface area contributed by atoms with Gasteiger partial charge in [-0.15, -0.1) is 0 Å². The van der Waals surface area contributed by atoms with E-state index in [-0.39, 0.29) is 45.9 Å². The van der Waals surface area contributed by atoms with Crippen molar-refractivity contribution in [2.75, 3.05) is 0 Å². The second-order valence-electron chi connectivity index (χ2n) is 7.50. The summed E-state index contributed by atoms with van der Waals surface area (Å²) in [6, 6.07) is 14.0. The van der Waals surface area contributed by atoms with E-state index in [4.69, 9.17) is 27.9 Å². The van der Waals surface area contributed by atoms with Crippen molar-refractivity contribution in [1.82, 2.24) is 10.2 Å². The van der Waals surface area contributed by atoms with Crippen LogP contribution in [0.25, 0.3) is 6.08 Å². The van der Waals surface area contributed by atoms with E-state index in [9.17, 15) is 24.1 Å². The number of non-ortho nitro benzene ring substituents is 1. The van der Waals surface area contributed by atoms with Gasteiger partial charge in [-0.3, -0.25) is 19.8 Å². The maximum Gasteiger partial charge on any atom is 0.329 e. The number of nitro benzene ring substituents is 1. The SMILES string of the molecule is O=C1N/C(=C/c2cc(Cl)c(OCc3ccc([N+](=O)[O-])cc3)c(Cl)c2)C(=O)N1Cc1ccccc1F. The third-order valence-corrected chi connectivity index (χ3v) is 5.67. The molecule has 1 aliphatic rings. The number of urea groups is 1. The first-order valence-corrected chi connectivity index (χ1v) is 10.9. The zero-order valence-corrected chi connectivity index (χ0v) is 19.3. The fourth-order valence-corrected chi connectivity index (χ4v) is 3.96. The summed E-state index contributed by atoms with van der Waals surface area (Å²) in [5.74, 6) is -0.950. The van der Waals surface area contributed by atoms with Gasteiger partial charge in [0.25, 0.3) is 11.6 Å². The Labute approximate surface area is 208 Å². The monoisotopic (exact) mass is 515 g/mol. The molecule has 3 amide bonds. The molecule has 0 bridgehead atoms. The minimum absolute atomic E-state index is 0.0157. The topological polar surface area (TPSA) is 102 Å². The molecule has 11 heteroatoms. The van der Waals surface area contributed by atoms with Crippen molar-refractivity contribution < 1.29 is 23.6 Å². The Morgan fingerprint density at radius 3 is 2.34 bits per heavy atom. The lowest BCUT2D eigenvalue weighted by Crippen LogP contribution is -2.30. The average Bonchev–Trinajstić information content (AvgIpc) is 3.07. The van der Waals surface area contributed by atoms with Gasteiger partial charge in [-0.1, -0.05) is 41.4 Å². The number of halogens is 3. The summed E-state index contributed by atoms with van der Waals surface area (Å²) in [6.45, 7) is -0.150. The number of amides is 3. The summed E-state index contributed by atoms with van der Waals surface area (Å²) >= 11 is 12.6. The zero-order valence-electron chi connectivity index (χ0n) is 17.8. The van der Waals surface area contributed by atoms with Gasteiger partial charge in [-0.05, 0) is 47.5 Å². The van der Waals surface area contributed by atoms with Crippen molar-refractivity contribution in [3.05, 3.63) is 109 Å². The first-order valence-electron chi connectivity index (χ1n) is 10.2. The van der Waals surface area contributed by atoms with Crippen molar-refractivity contribution in [3.8, 4) is 5.75 Å². The van der Waals surface area contributed by atoms with Crippen molar-refractivity contribution in [3.63, 3.8) is 0 Å². The fourth-order valence-electron chi connectivity index (χ4n) is 3.35. The first-order chi connectivity index (χ1) is 16.7. The molecule has 8 nitrogen and oxygen atoms in total. The molecule has 3 aromatic rings. The van der Waals surface area contributed by atoms with Crippen LogP contribution in [0.2, 0.25) is 10.0 Å². The van der Waals surface area contributed by atoms with Crippen molar-refractivity contribution >= 4 is 46.9 Å². The van der Waals surface area contributed by atoms with Gasteiger partial charge in [0.05, 0.1) is 21.5 Å². The second-order valence-corrected chi connectivity index (χ2v) is 8.31. The van der Waals surface area contributed by atoms with Gasteiger partial charge in [0.15, 0.2) is 5.75 Å². The van der Waals surface area contributed by atoms with Crippen LogP contribution in [0, 0.1) is 15.9 Å². The van der Waals surface area contributed by atoms with Crippen molar-refractivity contribution in [1.29, 1.82) is 0 Å². The van der Waals surface area contributed by atoms with Gasteiger partial charge < -0.3 is 10.1 Å². The fraction of sp³-hybridized carbons (Fsp3) is 0.0833. The largest absolute Gasteiger partial charge is 0.486 e. The normalized spacial score (nSPS) is 14.4. The summed E-state index contributed by atoms with van der Waals surface area (Å²) < 4.78 is 19.6. The summed E-state index contributed by atoms with van der Waals surface area (Å²) in [5.41, 5.74) is 1.25. The Balaban J connectivity index is 1.48. The minimum atomic E-state index is -0.676. The Bertz CT molecular complexity index is 1340. The summed E-state index contributed by atoms with van der Waals surface area (Å²) in [7, 11) is 0. The number of carbonyl (C=O) groups excluding carboxylic acids is 2. The first kappa shape index (κ1) is 24.2. The molecule has 3 aromatic carbocycles. The highest BCUT2D eigenvalue weighted by atomic mass is 35.5. The molecule has 0 unspecified atom stereocenters. The van der Waals surface area contributed by atoms with E-state index in [0.717, 1.165) is 4.90 Å². The highest BCUT2D eigenvalue weighted by molar-refractivity contribution is 6.37. The molecule has 0 atom stereocenters. The molecule has 0 aromatic heterocycles. The van der Waals surface area contributed by atoms with E-state index in [1.807, 2.05) is 0 Å². The van der Waals surface area contributed by atoms with Crippen LogP contribution < -0.4 is 10.1 Å². The van der Waals surface area contributed by atoms with Crippen molar-refractivity contribution in [2.24, 2.45) is 0 Å². The van der Waals surface area contributed by atoms with E-state index in [1.54, 1.807) is 18.2 Å². The standard InChI is InChI=1S/C24H16Cl2FN3O5/c25-18-9-15(10-19(26)22(18)35-13-14-5-7-17(8-6-14)30(33)34)11-21-23(31)29(24(32)28-21)12-16-3-1-2-4-20(16)27/h1-11H,12-13H2,(H,28,32)/b21-11+. The molecule has 1 saturated heterocycles. The van der Waals surface area contributed by atoms with Crippen LogP contribution in [-0.4, -0.2) is 21.8 Å². The Morgan fingerprint density at radius 1 is 1.06 bits per heavy atom. The number of imide groups is 1. The summed E-state index contributed by atoms with van der Waals surface area (Å²) in [6.07, 6.45) is 1.40. The molecule has 0 saturated carbocycles. The molecule has 178 valence electrons. The number of nitro groups is 1. The molecule has 0 spiro atoms. The Morgan fingerprint density at radius 2 is 1.71 bits per heavy atom. The lowest BCUT2D eigenvalue weighted by molar-refractivity contribution is -0.384. The number of nitrogens with zero attached hydrogens (tertiary/aromatic N) is 2. The molecule has 1 aliphatic heterocycles. The maximum atomic E-state index is 13.9. The smallest absolute Gasteiger partial charge is 0.329 e. The highest BCUT2D eigenvalue weighted by Gasteiger charge is 2.34. The lowest BCUT2D eigenvalue weighted by Gasteiger charge is -2.12. The van der Waals surface area contributed by atoms with Gasteiger partial charge in [0.2, 0.25) is 0 Å². The predicted octanol–water partition coefficient (Wildman–Crippen LogP) is 5.71. The van der Waals surface area contributed by atoms with Crippen LogP contribution in [0.15, 0.2) is 66.4 Å². The molecule has 1 fully saturated rings. The van der Waals surface area contributed by atoms with E-state index in [1.165, 1.54) is 48.5 Å². The molecule has 35 heavy (non-hydrogen) atoms. The molecule has 0 radical (unpaired) electrons. The van der Waals surface area contributed by atoms with Gasteiger partial charge in [0.1, 0.15) is 18.1 Å². The molecule has 1 heterocycles. The lowest BCUT2D eigenvalue weighted by atomic mass is 10.1. The van der Waals surface area contributed by atoms with Gasteiger partial charge in [-0.2, -0.15) is 0 Å². The van der Waals surface area contributed by atoms with Crippen LogP contribution in [0.3, 0.4) is 0 Å². The number of rotatable bonds is 7. The number of hydrogen-bond acceptors (Lipinski definition) is 5. The quantitative estimate of drug-likeness (QED) is 0.188. The number of carbonyl (C=O) groups is 2. The number of nitrogens with one attached hydrogen (secondary N) is 1. The second kappa shape index (κ2) is 10.1. The summed E-state index contributed by atoms with van der Waals surface area (Å²) in [5, 5.41) is 13.5. The molecule has 0 aliphatic carbocycles. The van der Waals surface area contributed by atoms with Crippen LogP contribution in [0.4, 0.5) is 14.9 Å². The highest BCUT2D eigenvalue weighted by Crippen LogP contribution is 2.35. The molecule has 4 rings (SSSR count). The van der Waals surface area contributed by atoms with Gasteiger partial charge >= 0.3 is 6.03 Å². The number of benzene rings is 3. The van der Waals surface area contributed by atoms with Crippen LogP contribution in [-0.2, 0) is 17.9 Å². The van der Waals surface area contributed by atoms with Crippen LogP contribution in [0.5, 0.6) is 5.75 Å². The molecule has 1 N–H and O–H groups in total. The van der Waals surface area contributed by atoms with Crippen LogP contribution >= 0.6 is 23.2 Å². The maximum absolute atomic E-state index is 13.9. The number of hydrogen-bond donors (Lipinski definition) is 1. The van der Waals surface area contributed by atoms with Crippen LogP contribution in [0.1, 0.15) is 16.7 Å². The third kappa shape index (κ3) is 5.42. The molecular formula is C24H16Cl2FN3O5. The van der Waals surface area contributed by atoms with E-state index in [0.29, 0.717) is 11.1 Å². The van der Waals surface area contributed by atoms with E-state index in [2.05, 4.69) is 5.32 Å². The van der Waals surface area contributed by atoms with Gasteiger partial charge in [-0.25, -0.2) is 9.18 Å². The number of ether oxygens (including phenoxy) is 1. The third-order valence-electron chi connectivity index (χ3n) is 5.11. The Hall–Kier alpha value is -3.95. The Kier molecular flexibility index (Phi) is 6.99. The predicted molar refractivity (Wildman–Crippen MR) is 127 cm³/mol. The summed E-state index contributed by atoms with van der Waals surface area (Å²) in [4.78, 5) is 36.2. The van der Waals surface area contributed by atoms with E-state index >= 15 is 0 Å².